The van der Waals surface area contributed by atoms with Gasteiger partial charge in [-0.2, -0.15) is 0 Å². The van der Waals surface area contributed by atoms with Gasteiger partial charge in [0.1, 0.15) is 0 Å². The van der Waals surface area contributed by atoms with Crippen molar-refractivity contribution in [3.05, 3.63) is 15.3 Å². The molecule has 44 valence electrons. The molecule has 7 heavy (non-hydrogen) atoms. The van der Waals surface area contributed by atoms with E-state index < -0.39 is 5.09 Å². The third-order valence-electron chi connectivity index (χ3n) is 0. The van der Waals surface area contributed by atoms with E-state index in [0.29, 0.717) is 0 Å². The van der Waals surface area contributed by atoms with Crippen LogP contribution in [0.15, 0.2) is 0 Å². The van der Waals surface area contributed by atoms with Gasteiger partial charge in [-0.05, 0) is 0 Å². The first-order chi connectivity index (χ1) is 1.73. The maximum absolute atomic E-state index is 8.25. The second kappa shape index (κ2) is 15.7. The van der Waals surface area contributed by atoms with Gasteiger partial charge in [0.05, 0.1) is 5.09 Å². The number of nitrogens with zero attached hydrogens (tertiary/aromatic N) is 1. The van der Waals surface area contributed by atoms with Crippen molar-refractivity contribution in [2.75, 3.05) is 0 Å². The Morgan fingerprint density at radius 2 is 1.29 bits per heavy atom. The minimum Gasteiger partial charge on any atom is -0.870 e. The van der Waals surface area contributed by atoms with Crippen LogP contribution in [0.3, 0.4) is 0 Å². The van der Waals surface area contributed by atoms with Crippen molar-refractivity contribution >= 4 is 0 Å². The molecule has 0 aliphatic carbocycles. The van der Waals surface area contributed by atoms with Gasteiger partial charge in [-0.25, -0.2) is 0 Å². The van der Waals surface area contributed by atoms with Crippen molar-refractivity contribution in [2.45, 2.75) is 0 Å². The Labute approximate surface area is 82.3 Å². The van der Waals surface area contributed by atoms with Gasteiger partial charge in [0.15, 0.2) is 0 Å². The molecule has 0 aromatic heterocycles. The summed E-state index contributed by atoms with van der Waals surface area (Å²) in [5, 5.41) is 14.8. The van der Waals surface area contributed by atoms with E-state index in [2.05, 4.69) is 0 Å². The Kier molecular flexibility index (Phi) is 55.1. The van der Waals surface area contributed by atoms with Crippen LogP contribution in [-0.2, 0) is 16.5 Å². The summed E-state index contributed by atoms with van der Waals surface area (Å²) in [6.07, 6.45) is 0. The Morgan fingerprint density at radius 3 is 1.29 bits per heavy atom. The summed E-state index contributed by atoms with van der Waals surface area (Å²) in [5.41, 5.74) is 0. The molecule has 0 unspecified atom stereocenters. The van der Waals surface area contributed by atoms with Crippen molar-refractivity contribution in [3.63, 3.8) is 0 Å². The molecule has 0 heterocycles. The maximum Gasteiger partial charge on any atom is 2.00 e. The Hall–Kier alpha value is 1.00. The van der Waals surface area contributed by atoms with Crippen molar-refractivity contribution in [1.82, 2.24) is 0 Å². The van der Waals surface area contributed by atoms with Gasteiger partial charge in [0, 0.05) is 40.8 Å². The van der Waals surface area contributed by atoms with Crippen molar-refractivity contribution in [3.8, 4) is 0 Å². The van der Waals surface area contributed by atoms with Crippen LogP contribution < -0.4 is 0 Å². The minimum atomic E-state index is -1.75. The summed E-state index contributed by atoms with van der Waals surface area (Å²) < 4.78 is 0. The number of hydrogen-bond acceptors (Lipinski definition) is 4. The molecule has 0 bridgehead atoms. The Balaban J connectivity index is -0.0000000150. The third-order valence-corrected chi connectivity index (χ3v) is 0. The van der Waals surface area contributed by atoms with Crippen LogP contribution in [0.5, 0.6) is 0 Å². The molecule has 0 amide bonds. The number of hydrogen-bond donors (Lipinski definition) is 0. The Bertz CT molecular complexity index is 34.7. The van der Waals surface area contributed by atoms with Crippen LogP contribution in [0, 0.1) is 56.2 Å². The van der Waals surface area contributed by atoms with Gasteiger partial charge < -0.3 is 20.8 Å². The van der Waals surface area contributed by atoms with E-state index >= 15 is 0 Å². The first kappa shape index (κ1) is 24.5. The average molecular weight is 282 g/mol. The molecule has 0 aromatic rings. The van der Waals surface area contributed by atoms with Crippen LogP contribution in [0.2, 0.25) is 0 Å². The molecular weight excluding hydrogens is 281 g/mol. The second-order valence-corrected chi connectivity index (χ2v) is 0.224. The van der Waals surface area contributed by atoms with Gasteiger partial charge in [0.2, 0.25) is 0 Å². The van der Waals surface area contributed by atoms with Crippen molar-refractivity contribution in [2.24, 2.45) is 0 Å². The summed E-state index contributed by atoms with van der Waals surface area (Å²) in [4.78, 5) is 8.25. The topological polar surface area (TPSA) is 96.2 Å². The van der Waals surface area contributed by atoms with Gasteiger partial charge in [0.25, 0.3) is 0 Å². The smallest absolute Gasteiger partial charge is 0.870 e. The molecular formula is HNNdNiO4. The molecule has 0 radical (unpaired) electrons. The van der Waals surface area contributed by atoms with Crippen LogP contribution in [0.25, 0.3) is 0 Å². The zero-order chi connectivity index (χ0) is 3.58. The van der Waals surface area contributed by atoms with Crippen LogP contribution >= 0.6 is 0 Å². The van der Waals surface area contributed by atoms with Gasteiger partial charge in [-0.3, -0.25) is 0 Å². The van der Waals surface area contributed by atoms with E-state index in [1.807, 2.05) is 0 Å². The molecule has 0 rings (SSSR count). The van der Waals surface area contributed by atoms with E-state index in [1.165, 1.54) is 0 Å². The molecule has 7 heteroatoms. The van der Waals surface area contributed by atoms with Crippen molar-refractivity contribution in [1.29, 1.82) is 0 Å². The summed E-state index contributed by atoms with van der Waals surface area (Å²) in [6.45, 7) is 0. The summed E-state index contributed by atoms with van der Waals surface area (Å²) in [5.74, 6) is 0. The normalized spacial score (nSPS) is 3.43. The second-order valence-electron chi connectivity index (χ2n) is 0.224. The molecule has 0 aliphatic rings. The van der Waals surface area contributed by atoms with E-state index in [-0.39, 0.29) is 62.8 Å². The Morgan fingerprint density at radius 1 is 1.29 bits per heavy atom. The maximum atomic E-state index is 8.25. The molecule has 0 spiro atoms. The van der Waals surface area contributed by atoms with E-state index in [9.17, 15) is 0 Å². The molecule has 0 aromatic carbocycles. The molecule has 5 nitrogen and oxygen atoms in total. The van der Waals surface area contributed by atoms with Crippen molar-refractivity contribution < 1.29 is 67.9 Å². The predicted octanol–water partition coefficient (Wildman–Crippen LogP) is -0.418. The fourth-order valence-electron chi connectivity index (χ4n) is 0. The van der Waals surface area contributed by atoms with E-state index in [1.54, 1.807) is 0 Å². The van der Waals surface area contributed by atoms with E-state index in [4.69, 9.17) is 15.3 Å². The fraction of sp³-hybridized carbons (Fsp3) is 0. The number of rotatable bonds is 0. The first-order valence-electron chi connectivity index (χ1n) is 0.548. The zero-order valence-electron chi connectivity index (χ0n) is 2.94. The average Bonchev–Trinajstić information content (AvgIpc) is 0.811. The molecule has 0 aliphatic heterocycles. The monoisotopic (exact) mass is 279 g/mol. The fourth-order valence-corrected chi connectivity index (χ4v) is 0. The van der Waals surface area contributed by atoms with Crippen LogP contribution in [-0.4, -0.2) is 10.6 Å². The first-order valence-corrected chi connectivity index (χ1v) is 0.548. The largest absolute Gasteiger partial charge is 2.00 e. The van der Waals surface area contributed by atoms with Gasteiger partial charge in [-0.1, -0.05) is 0 Å². The summed E-state index contributed by atoms with van der Waals surface area (Å²) in [6, 6.07) is 0. The molecule has 0 saturated carbocycles. The van der Waals surface area contributed by atoms with E-state index in [0.717, 1.165) is 0 Å². The summed E-state index contributed by atoms with van der Waals surface area (Å²) in [7, 11) is 0. The minimum absolute atomic E-state index is 0. The van der Waals surface area contributed by atoms with Gasteiger partial charge >= 0.3 is 16.5 Å². The zero-order valence-corrected chi connectivity index (χ0v) is 7.13. The standard InChI is InChI=1S/NO3.Nd.Ni.H2O/c2-1(3)4;;;/h;;;1H2/q-1;;+2;/p-1. The molecule has 0 fully saturated rings. The predicted molar refractivity (Wildman–Crippen MR) is 12.3 cm³/mol. The third kappa shape index (κ3) is 174. The molecule has 1 N–H and O–H groups in total. The SMILES string of the molecule is O=[N+]([O-])[O-].[Nd].[Ni+2].[OH-]. The van der Waals surface area contributed by atoms with Crippen LogP contribution in [0.4, 0.5) is 0 Å². The van der Waals surface area contributed by atoms with Gasteiger partial charge in [-0.15, -0.1) is 0 Å². The molecule has 0 saturated heterocycles. The quantitative estimate of drug-likeness (QED) is 0.342. The van der Waals surface area contributed by atoms with Crippen LogP contribution in [0.1, 0.15) is 0 Å². The summed E-state index contributed by atoms with van der Waals surface area (Å²) >= 11 is 0. The molecule has 0 atom stereocenters.